The molecule has 0 saturated heterocycles. The number of nitrogens with zero attached hydrogens (tertiary/aromatic N) is 1. The van der Waals surface area contributed by atoms with Gasteiger partial charge < -0.3 is 21.4 Å². The first kappa shape index (κ1) is 16.3. The number of hydrogen-bond acceptors (Lipinski definition) is 4. The summed E-state index contributed by atoms with van der Waals surface area (Å²) < 4.78 is 0. The van der Waals surface area contributed by atoms with Gasteiger partial charge in [-0.15, -0.1) is 4.99 Å². The van der Waals surface area contributed by atoms with E-state index in [1.165, 1.54) is 29.6 Å². The van der Waals surface area contributed by atoms with Crippen LogP contribution >= 0.6 is 0 Å². The molecule has 0 fully saturated rings. The number of urea groups is 1. The van der Waals surface area contributed by atoms with E-state index in [1.807, 2.05) is 0 Å². The average Bonchev–Trinajstić information content (AvgIpc) is 2.29. The highest BCUT2D eigenvalue weighted by Crippen LogP contribution is 2.10. The topological polar surface area (TPSA) is 164 Å². The predicted octanol–water partition coefficient (Wildman–Crippen LogP) is -1.81. The normalized spacial score (nSPS) is 12.6. The zero-order valence-electron chi connectivity index (χ0n) is 9.74. The second kappa shape index (κ2) is 7.58. The van der Waals surface area contributed by atoms with E-state index in [-0.39, 0.29) is 22.9 Å². The van der Waals surface area contributed by atoms with Gasteiger partial charge in [0.2, 0.25) is 0 Å². The van der Waals surface area contributed by atoms with Crippen LogP contribution in [0.4, 0.5) is 4.79 Å². The number of aliphatic imine (C=N–C) groups is 1. The summed E-state index contributed by atoms with van der Waals surface area (Å²) in [6.07, 6.45) is 3.14. The lowest BCUT2D eigenvalue weighted by Gasteiger charge is -2.07. The summed E-state index contributed by atoms with van der Waals surface area (Å²) in [5.74, 6) is -1.35. The predicted molar refractivity (Wildman–Crippen MR) is 64.5 cm³/mol. The van der Waals surface area contributed by atoms with Crippen molar-refractivity contribution in [2.75, 3.05) is 0 Å². The molecule has 102 valence electrons. The number of carbonyl (C=O) groups excluding carboxylic acids is 1. The number of primary amides is 1. The largest absolute Gasteiger partial charge is 0.872 e. The summed E-state index contributed by atoms with van der Waals surface area (Å²) in [6.45, 7) is 0. The molecule has 0 radical (unpaired) electrons. The molecule has 0 spiro atoms. The number of amidine groups is 1. The molecule has 0 atom stereocenters. The number of amides is 2. The quantitative estimate of drug-likeness (QED) is 0.544. The Bertz CT molecular complexity index is 525. The van der Waals surface area contributed by atoms with E-state index < -0.39 is 11.7 Å². The Morgan fingerprint density at radius 3 is 2.37 bits per heavy atom. The molecular formula is C11H13N3O5. The molecule has 0 unspecified atom stereocenters. The summed E-state index contributed by atoms with van der Waals surface area (Å²) in [7, 11) is 0. The first-order valence-electron chi connectivity index (χ1n) is 4.89. The number of hydrogen-bond donors (Lipinski definition) is 3. The molecule has 1 heterocycles. The van der Waals surface area contributed by atoms with Gasteiger partial charge in [-0.2, -0.15) is 0 Å². The van der Waals surface area contributed by atoms with Crippen LogP contribution in [-0.2, 0) is 0 Å². The van der Waals surface area contributed by atoms with Gasteiger partial charge in [0.05, 0.1) is 5.56 Å². The Hall–Kier alpha value is -2.71. The van der Waals surface area contributed by atoms with Crippen molar-refractivity contribution in [3.8, 4) is 5.75 Å². The molecule has 19 heavy (non-hydrogen) atoms. The molecule has 8 nitrogen and oxygen atoms in total. The number of quaternary nitrogens is 1. The van der Waals surface area contributed by atoms with Gasteiger partial charge in [0.25, 0.3) is 0 Å². The van der Waals surface area contributed by atoms with Crippen molar-refractivity contribution >= 4 is 17.8 Å². The zero-order valence-corrected chi connectivity index (χ0v) is 9.74. The van der Waals surface area contributed by atoms with E-state index in [0.717, 1.165) is 0 Å². The van der Waals surface area contributed by atoms with Crippen molar-refractivity contribution in [1.29, 1.82) is 0 Å². The Labute approximate surface area is 108 Å². The third kappa shape index (κ3) is 5.44. The van der Waals surface area contributed by atoms with E-state index >= 15 is 0 Å². The van der Waals surface area contributed by atoms with E-state index in [2.05, 4.69) is 4.99 Å². The number of carboxylic acid groups (broad SMARTS) is 1. The molecule has 0 aliphatic carbocycles. The minimum absolute atomic E-state index is 0. The monoisotopic (exact) mass is 267 g/mol. The first-order valence-corrected chi connectivity index (χ1v) is 4.89. The average molecular weight is 267 g/mol. The summed E-state index contributed by atoms with van der Waals surface area (Å²) in [4.78, 5) is 23.9. The van der Waals surface area contributed by atoms with Gasteiger partial charge >= 0.3 is 12.0 Å². The van der Waals surface area contributed by atoms with Crippen LogP contribution < -0.4 is 16.2 Å². The maximum absolute atomic E-state index is 10.7. The summed E-state index contributed by atoms with van der Waals surface area (Å²) >= 11 is 0. The molecular weight excluding hydrogens is 254 g/mol. The summed E-state index contributed by atoms with van der Waals surface area (Å²) in [5.41, 5.74) is 4.97. The van der Waals surface area contributed by atoms with E-state index in [1.54, 1.807) is 12.3 Å². The molecule has 0 bridgehead atoms. The van der Waals surface area contributed by atoms with Crippen LogP contribution in [0.25, 0.3) is 0 Å². The highest BCUT2D eigenvalue weighted by molar-refractivity contribution is 5.98. The lowest BCUT2D eigenvalue weighted by atomic mass is 10.2. The summed E-state index contributed by atoms with van der Waals surface area (Å²) in [5, 5.41) is 20.4. The van der Waals surface area contributed by atoms with Crippen molar-refractivity contribution < 1.29 is 30.6 Å². The van der Waals surface area contributed by atoms with Gasteiger partial charge in [0, 0.05) is 6.08 Å². The van der Waals surface area contributed by atoms with Gasteiger partial charge in [0.15, 0.2) is 0 Å². The summed E-state index contributed by atoms with van der Waals surface area (Å²) in [6, 6.07) is 5.25. The smallest absolute Gasteiger partial charge is 0.445 e. The fourth-order valence-electron chi connectivity index (χ4n) is 1.07. The standard InChI is InChI=1S/C7H6O3.C4H5N3O.H2O/c8-6-4-2-1-3-5(6)7(9)10;5-3-1-2-6-4(8)7-3;/h1-4,8H,(H,9,10);1-2H,(H3,5,6,7,8);1H2. The second-order valence-corrected chi connectivity index (χ2v) is 3.20. The minimum Gasteiger partial charge on any atom is -0.872 e. The van der Waals surface area contributed by atoms with Gasteiger partial charge in [-0.05, 0) is 6.07 Å². The van der Waals surface area contributed by atoms with Crippen molar-refractivity contribution in [2.24, 2.45) is 10.7 Å². The minimum atomic E-state index is -1.18. The lowest BCUT2D eigenvalue weighted by Crippen LogP contribution is -2.82. The molecule has 1 aliphatic heterocycles. The SMILES string of the molecule is NC1=NC(=O)[NH2+]C=C1.O.O=C(O)c1ccccc1[O-]. The molecule has 1 aromatic rings. The van der Waals surface area contributed by atoms with Crippen LogP contribution in [0.15, 0.2) is 41.5 Å². The Morgan fingerprint density at radius 2 is 2.00 bits per heavy atom. The third-order valence-corrected chi connectivity index (χ3v) is 1.86. The van der Waals surface area contributed by atoms with Crippen LogP contribution in [0, 0.1) is 0 Å². The Kier molecular flexibility index (Phi) is 6.50. The molecule has 8 heteroatoms. The molecule has 0 aromatic heterocycles. The number of carboxylic acids is 1. The maximum Gasteiger partial charge on any atom is 0.445 e. The number of para-hydroxylation sites is 1. The maximum atomic E-state index is 10.7. The highest BCUT2D eigenvalue weighted by Gasteiger charge is 2.04. The number of rotatable bonds is 1. The second-order valence-electron chi connectivity index (χ2n) is 3.20. The molecule has 2 amide bonds. The van der Waals surface area contributed by atoms with E-state index in [4.69, 9.17) is 10.8 Å². The fourth-order valence-corrected chi connectivity index (χ4v) is 1.07. The van der Waals surface area contributed by atoms with Crippen molar-refractivity contribution in [1.82, 2.24) is 0 Å². The van der Waals surface area contributed by atoms with Crippen LogP contribution in [0.1, 0.15) is 10.4 Å². The van der Waals surface area contributed by atoms with Crippen molar-refractivity contribution in [2.45, 2.75) is 0 Å². The Balaban J connectivity index is 0.000000331. The lowest BCUT2D eigenvalue weighted by molar-refractivity contribution is -0.479. The van der Waals surface area contributed by atoms with Crippen LogP contribution in [-0.4, -0.2) is 28.4 Å². The highest BCUT2D eigenvalue weighted by atomic mass is 16.4. The first-order chi connectivity index (χ1) is 8.50. The van der Waals surface area contributed by atoms with Crippen LogP contribution in [0.2, 0.25) is 0 Å². The zero-order chi connectivity index (χ0) is 13.5. The van der Waals surface area contributed by atoms with Gasteiger partial charge in [0.1, 0.15) is 12.0 Å². The van der Waals surface area contributed by atoms with Gasteiger partial charge in [-0.25, -0.2) is 14.9 Å². The number of nitrogens with two attached hydrogens (primary N) is 2. The van der Waals surface area contributed by atoms with Crippen molar-refractivity contribution in [3.63, 3.8) is 0 Å². The molecule has 2 rings (SSSR count). The molecule has 1 aliphatic rings. The number of aromatic carboxylic acids is 1. The van der Waals surface area contributed by atoms with Crippen molar-refractivity contribution in [3.05, 3.63) is 42.1 Å². The molecule has 7 N–H and O–H groups in total. The van der Waals surface area contributed by atoms with E-state index in [0.29, 0.717) is 0 Å². The van der Waals surface area contributed by atoms with Crippen LogP contribution in [0.3, 0.4) is 0 Å². The number of benzene rings is 1. The molecule has 1 aromatic carbocycles. The fraction of sp³-hybridized carbons (Fsp3) is 0. The van der Waals surface area contributed by atoms with Gasteiger partial charge in [-0.1, -0.05) is 23.9 Å². The number of carbonyl (C=O) groups is 2. The van der Waals surface area contributed by atoms with Crippen LogP contribution in [0.5, 0.6) is 5.75 Å². The Morgan fingerprint density at radius 1 is 1.37 bits per heavy atom. The van der Waals surface area contributed by atoms with E-state index in [9.17, 15) is 14.7 Å². The van der Waals surface area contributed by atoms with Gasteiger partial charge in [-0.3, -0.25) is 0 Å². The third-order valence-electron chi connectivity index (χ3n) is 1.86. The molecule has 0 saturated carbocycles.